The smallest absolute Gasteiger partial charge is 1.00 e. The van der Waals surface area contributed by atoms with Crippen LogP contribution in [0.5, 0.6) is 0 Å². The fourth-order valence-electron chi connectivity index (χ4n) is 2.16. The zero-order valence-corrected chi connectivity index (χ0v) is 16.1. The van der Waals surface area contributed by atoms with Crippen molar-refractivity contribution in [2.24, 2.45) is 0 Å². The summed E-state index contributed by atoms with van der Waals surface area (Å²) >= 11 is 0. The first-order valence-electron chi connectivity index (χ1n) is 8.31. The van der Waals surface area contributed by atoms with E-state index in [1.54, 1.807) is 6.08 Å². The number of carboxylic acid groups (broad SMARTS) is 1. The summed E-state index contributed by atoms with van der Waals surface area (Å²) in [6.45, 7) is 2.24. The monoisotopic (exact) mass is 322 g/mol. The topological polar surface area (TPSA) is 37.3 Å². The summed E-state index contributed by atoms with van der Waals surface area (Å²) in [6.07, 6.45) is 22.6. The van der Waals surface area contributed by atoms with E-state index in [1.807, 2.05) is 0 Å². The van der Waals surface area contributed by atoms with Crippen LogP contribution in [-0.4, -0.2) is 48.8 Å². The molecule has 21 heavy (non-hydrogen) atoms. The second kappa shape index (κ2) is 20.2. The number of hydrogen-bond acceptors (Lipinski definition) is 1. The van der Waals surface area contributed by atoms with Crippen molar-refractivity contribution >= 4 is 43.7 Å². The van der Waals surface area contributed by atoms with Crippen molar-refractivity contribution in [2.45, 2.75) is 84.0 Å². The maximum absolute atomic E-state index is 10.2. The molecule has 0 aromatic carbocycles. The van der Waals surface area contributed by atoms with Gasteiger partial charge in [-0.05, 0) is 38.5 Å². The number of hydrogen-bond donors (Lipinski definition) is 1. The van der Waals surface area contributed by atoms with E-state index in [2.05, 4.69) is 19.1 Å². The predicted molar refractivity (Wildman–Crippen MR) is 95.0 cm³/mol. The van der Waals surface area contributed by atoms with Crippen molar-refractivity contribution in [1.82, 2.24) is 0 Å². The molecule has 0 atom stereocenters. The first kappa shape index (κ1) is 23.5. The van der Waals surface area contributed by atoms with Gasteiger partial charge in [-0.2, -0.15) is 0 Å². The summed E-state index contributed by atoms with van der Waals surface area (Å²) in [5.74, 6) is -0.840. The number of unbranched alkanes of at least 4 members (excludes halogenated alkanes) is 10. The van der Waals surface area contributed by atoms with Crippen LogP contribution < -0.4 is 0 Å². The number of carbonyl (C=O) groups is 1. The molecule has 0 rings (SSSR count). The van der Waals surface area contributed by atoms with Crippen LogP contribution >= 0.6 is 0 Å². The molecule has 0 saturated carbocycles. The Kier molecular flexibility index (Phi) is 22.6. The van der Waals surface area contributed by atoms with Gasteiger partial charge in [0.2, 0.25) is 0 Å². The van der Waals surface area contributed by atoms with Crippen molar-refractivity contribution in [3.05, 3.63) is 24.3 Å². The number of carboxylic acids is 1. The molecule has 0 aliphatic heterocycles. The third-order valence-electron chi connectivity index (χ3n) is 3.39. The molecule has 0 aliphatic carbocycles. The second-order valence-electron chi connectivity index (χ2n) is 5.41. The van der Waals surface area contributed by atoms with Gasteiger partial charge in [0.25, 0.3) is 0 Å². The maximum atomic E-state index is 10.2. The van der Waals surface area contributed by atoms with E-state index in [4.69, 9.17) is 5.11 Å². The Morgan fingerprint density at radius 2 is 1.24 bits per heavy atom. The SMILES string of the molecule is CCCCCC=CCCCCCCCCC=CC(=O)O.[Ca+2].[H-].[H-]. The third-order valence-corrected chi connectivity index (χ3v) is 3.39. The normalized spacial score (nSPS) is 11.1. The quantitative estimate of drug-likeness (QED) is 0.192. The zero-order chi connectivity index (χ0) is 14.9. The fraction of sp³-hybridized carbons (Fsp3) is 0.722. The molecule has 0 aromatic heterocycles. The molecule has 0 spiro atoms. The van der Waals surface area contributed by atoms with E-state index in [-0.39, 0.29) is 40.6 Å². The van der Waals surface area contributed by atoms with E-state index < -0.39 is 5.97 Å². The van der Waals surface area contributed by atoms with Crippen LogP contribution in [0.3, 0.4) is 0 Å². The third kappa shape index (κ3) is 22.6. The van der Waals surface area contributed by atoms with Crippen LogP contribution in [0.2, 0.25) is 0 Å². The Balaban J connectivity index is -0.000000602. The molecule has 0 aliphatic rings. The van der Waals surface area contributed by atoms with E-state index in [0.717, 1.165) is 12.8 Å². The van der Waals surface area contributed by atoms with Gasteiger partial charge >= 0.3 is 43.7 Å². The van der Waals surface area contributed by atoms with Gasteiger partial charge < -0.3 is 7.96 Å². The number of aliphatic carboxylic acids is 1. The molecule has 0 saturated heterocycles. The Hall–Kier alpha value is 0.210. The Bertz CT molecular complexity index is 282. The molecule has 120 valence electrons. The average Bonchev–Trinajstić information content (AvgIpc) is 2.43. The van der Waals surface area contributed by atoms with Gasteiger partial charge in [0.15, 0.2) is 0 Å². The molecule has 0 amide bonds. The van der Waals surface area contributed by atoms with Crippen LogP contribution in [0, 0.1) is 0 Å². The van der Waals surface area contributed by atoms with Crippen LogP contribution in [0.15, 0.2) is 24.3 Å². The minimum Gasteiger partial charge on any atom is -1.00 e. The van der Waals surface area contributed by atoms with Crippen molar-refractivity contribution in [1.29, 1.82) is 0 Å². The molecule has 0 fully saturated rings. The van der Waals surface area contributed by atoms with Crippen LogP contribution in [0.25, 0.3) is 0 Å². The molecule has 0 unspecified atom stereocenters. The standard InChI is InChI=1S/C18H32O2.Ca.2H/c1-2-3-4-5-6-7-8-9-10-11-12-13-14-15-16-17-18(19)20;;;/h6-7,16-17H,2-5,8-15H2,1H3,(H,19,20);;;/q;+2;2*-1. The van der Waals surface area contributed by atoms with Gasteiger partial charge in [-0.15, -0.1) is 0 Å². The Labute approximate surface area is 164 Å². The molecule has 0 heterocycles. The van der Waals surface area contributed by atoms with Crippen molar-refractivity contribution in [3.63, 3.8) is 0 Å². The minimum absolute atomic E-state index is 0. The summed E-state index contributed by atoms with van der Waals surface area (Å²) < 4.78 is 0. The molecule has 0 aromatic rings. The van der Waals surface area contributed by atoms with Gasteiger partial charge in [0.05, 0.1) is 0 Å². The average molecular weight is 323 g/mol. The molecular formula is C18H34CaO2. The molecule has 2 nitrogen and oxygen atoms in total. The van der Waals surface area contributed by atoms with Crippen LogP contribution in [0.4, 0.5) is 0 Å². The van der Waals surface area contributed by atoms with Gasteiger partial charge in [-0.1, -0.05) is 63.7 Å². The first-order chi connectivity index (χ1) is 9.77. The second-order valence-corrected chi connectivity index (χ2v) is 5.41. The van der Waals surface area contributed by atoms with Gasteiger partial charge in [0.1, 0.15) is 0 Å². The summed E-state index contributed by atoms with van der Waals surface area (Å²) in [5, 5.41) is 8.43. The summed E-state index contributed by atoms with van der Waals surface area (Å²) in [4.78, 5) is 10.2. The van der Waals surface area contributed by atoms with E-state index >= 15 is 0 Å². The van der Waals surface area contributed by atoms with E-state index in [9.17, 15) is 4.79 Å². The van der Waals surface area contributed by atoms with E-state index in [1.165, 1.54) is 70.3 Å². The molecule has 0 bridgehead atoms. The maximum Gasteiger partial charge on any atom is 2.00 e. The van der Waals surface area contributed by atoms with Crippen LogP contribution in [0.1, 0.15) is 86.8 Å². The van der Waals surface area contributed by atoms with Gasteiger partial charge in [0, 0.05) is 6.08 Å². The minimum atomic E-state index is -0.840. The molecule has 1 N–H and O–H groups in total. The van der Waals surface area contributed by atoms with Gasteiger partial charge in [-0.25, -0.2) is 4.79 Å². The first-order valence-corrected chi connectivity index (χ1v) is 8.31. The number of rotatable bonds is 14. The molecule has 0 radical (unpaired) electrons. The predicted octanol–water partition coefficient (Wildman–Crippen LogP) is 5.73. The number of allylic oxidation sites excluding steroid dienone is 3. The van der Waals surface area contributed by atoms with Crippen LogP contribution in [-0.2, 0) is 4.79 Å². The van der Waals surface area contributed by atoms with Gasteiger partial charge in [-0.3, -0.25) is 0 Å². The van der Waals surface area contributed by atoms with E-state index in [0.29, 0.717) is 0 Å². The summed E-state index contributed by atoms with van der Waals surface area (Å²) in [7, 11) is 0. The Morgan fingerprint density at radius 1 is 0.810 bits per heavy atom. The molecular weight excluding hydrogens is 288 g/mol. The molecule has 3 heteroatoms. The Morgan fingerprint density at radius 3 is 1.71 bits per heavy atom. The van der Waals surface area contributed by atoms with Crippen molar-refractivity contribution < 1.29 is 12.8 Å². The largest absolute Gasteiger partial charge is 2.00 e. The summed E-state index contributed by atoms with van der Waals surface area (Å²) in [6, 6.07) is 0. The van der Waals surface area contributed by atoms with Crippen molar-refractivity contribution in [2.75, 3.05) is 0 Å². The van der Waals surface area contributed by atoms with Crippen molar-refractivity contribution in [3.8, 4) is 0 Å². The zero-order valence-electron chi connectivity index (χ0n) is 15.9. The fourth-order valence-corrected chi connectivity index (χ4v) is 2.16. The summed E-state index contributed by atoms with van der Waals surface area (Å²) in [5.41, 5.74) is 0.